The Morgan fingerprint density at radius 1 is 1.16 bits per heavy atom. The zero-order valence-corrected chi connectivity index (χ0v) is 15.4. The third-order valence-corrected chi connectivity index (χ3v) is 6.59. The predicted molar refractivity (Wildman–Crippen MR) is 93.8 cm³/mol. The number of nitrogens with zero attached hydrogens (tertiary/aromatic N) is 2. The third kappa shape index (κ3) is 4.68. The molecule has 0 saturated heterocycles. The first-order chi connectivity index (χ1) is 12.2. The summed E-state index contributed by atoms with van der Waals surface area (Å²) in [5.41, 5.74) is 1.74. The van der Waals surface area contributed by atoms with E-state index in [4.69, 9.17) is 4.74 Å². The molecule has 3 nitrogen and oxygen atoms in total. The van der Waals surface area contributed by atoms with E-state index < -0.39 is 11.6 Å². The molecule has 0 spiro atoms. The molecule has 6 heteroatoms. The Labute approximate surface area is 151 Å². The van der Waals surface area contributed by atoms with E-state index in [1.807, 2.05) is 35.0 Å². The van der Waals surface area contributed by atoms with Crippen molar-refractivity contribution in [3.8, 4) is 5.75 Å². The van der Waals surface area contributed by atoms with Crippen molar-refractivity contribution in [1.82, 2.24) is 9.55 Å². The molecule has 1 aromatic heterocycles. The first-order valence-corrected chi connectivity index (χ1v) is 10.0. The van der Waals surface area contributed by atoms with Crippen LogP contribution in [0.25, 0.3) is 0 Å². The van der Waals surface area contributed by atoms with Gasteiger partial charge in [-0.2, -0.15) is 0 Å². The van der Waals surface area contributed by atoms with Crippen molar-refractivity contribution >= 4 is 15.0 Å². The Bertz CT molecular complexity index is 807. The number of rotatable bonds is 7. The summed E-state index contributed by atoms with van der Waals surface area (Å²) in [7, 11) is 1.64. The van der Waals surface area contributed by atoms with Crippen LogP contribution in [0.15, 0.2) is 61.2 Å². The van der Waals surface area contributed by atoms with Crippen molar-refractivity contribution in [3.63, 3.8) is 0 Å². The van der Waals surface area contributed by atoms with Gasteiger partial charge in [-0.1, -0.05) is 0 Å². The van der Waals surface area contributed by atoms with Gasteiger partial charge in [-0.05, 0) is 0 Å². The summed E-state index contributed by atoms with van der Waals surface area (Å²) in [4.78, 5) is 4.04. The molecule has 25 heavy (non-hydrogen) atoms. The van der Waals surface area contributed by atoms with Gasteiger partial charge in [0.05, 0.1) is 0 Å². The Morgan fingerprint density at radius 3 is 2.60 bits per heavy atom. The summed E-state index contributed by atoms with van der Waals surface area (Å²) >= 11 is 0.0948. The van der Waals surface area contributed by atoms with E-state index in [-0.39, 0.29) is 19.8 Å². The topological polar surface area (TPSA) is 27.1 Å². The maximum absolute atomic E-state index is 14.3. The molecule has 0 aliphatic heterocycles. The van der Waals surface area contributed by atoms with E-state index >= 15 is 0 Å². The van der Waals surface area contributed by atoms with E-state index in [1.54, 1.807) is 25.7 Å². The van der Waals surface area contributed by atoms with Gasteiger partial charge in [-0.15, -0.1) is 0 Å². The molecule has 2 aromatic carbocycles. The minimum atomic E-state index is -0.551. The Hall–Kier alpha value is -2.17. The van der Waals surface area contributed by atoms with Gasteiger partial charge in [0.15, 0.2) is 0 Å². The fraction of sp³-hybridized carbons (Fsp3) is 0.211. The van der Waals surface area contributed by atoms with Crippen molar-refractivity contribution in [2.24, 2.45) is 0 Å². The fourth-order valence-electron chi connectivity index (χ4n) is 2.51. The van der Waals surface area contributed by atoms with Gasteiger partial charge in [0.25, 0.3) is 0 Å². The third-order valence-electron chi connectivity index (χ3n) is 3.86. The van der Waals surface area contributed by atoms with Gasteiger partial charge >= 0.3 is 152 Å². The number of halogens is 2. The van der Waals surface area contributed by atoms with E-state index in [0.29, 0.717) is 12.1 Å². The summed E-state index contributed by atoms with van der Waals surface area (Å²) in [6.07, 6.45) is 5.28. The van der Waals surface area contributed by atoms with E-state index in [9.17, 15) is 8.78 Å². The number of hydrogen-bond donors (Lipinski definition) is 0. The van der Waals surface area contributed by atoms with Gasteiger partial charge < -0.3 is 0 Å². The number of ether oxygens (including phenoxy) is 1. The average molecular weight is 407 g/mol. The molecule has 0 fully saturated rings. The van der Waals surface area contributed by atoms with Crippen LogP contribution in [0.1, 0.15) is 15.9 Å². The molecule has 0 amide bonds. The van der Waals surface area contributed by atoms with Crippen LogP contribution in [0.2, 0.25) is 0 Å². The van der Waals surface area contributed by atoms with Crippen molar-refractivity contribution in [1.29, 1.82) is 0 Å². The molecule has 3 aromatic rings. The Morgan fingerprint density at radius 2 is 1.96 bits per heavy atom. The number of methoxy groups -OCH3 is 1. The number of imidazole rings is 1. The second-order valence-corrected chi connectivity index (χ2v) is 8.07. The summed E-state index contributed by atoms with van der Waals surface area (Å²) in [6, 6.07) is 11.7. The van der Waals surface area contributed by atoms with Crippen molar-refractivity contribution in [2.75, 3.05) is 7.11 Å². The van der Waals surface area contributed by atoms with Gasteiger partial charge in [-0.3, -0.25) is 0 Å². The van der Waals surface area contributed by atoms with Crippen molar-refractivity contribution < 1.29 is 13.5 Å². The Kier molecular flexibility index (Phi) is 5.84. The van der Waals surface area contributed by atoms with Crippen LogP contribution in [0.3, 0.4) is 0 Å². The minimum absolute atomic E-state index is 0.00981. The van der Waals surface area contributed by atoms with E-state index in [1.165, 1.54) is 11.6 Å². The fourth-order valence-corrected chi connectivity index (χ4v) is 5.10. The molecule has 0 N–H and O–H groups in total. The second kappa shape index (κ2) is 8.28. The van der Waals surface area contributed by atoms with Crippen LogP contribution in [-0.2, 0) is 11.9 Å². The number of benzene rings is 2. The van der Waals surface area contributed by atoms with Gasteiger partial charge in [0, 0.05) is 0 Å². The Balaban J connectivity index is 1.77. The number of hydrogen-bond acceptors (Lipinski definition) is 2. The number of aromatic nitrogens is 2. The maximum atomic E-state index is 14.3. The molecule has 0 radical (unpaired) electrons. The molecular formula is C19H18F2N2OSe. The molecule has 1 atom stereocenters. The predicted octanol–water partition coefficient (Wildman–Crippen LogP) is 3.82. The standard InChI is InChI=1S/C19H18F2N2OSe/c1-24-16-5-2-14(3-6-16)12-25-19(11-23-9-8-22-13-23)17-7-4-15(20)10-18(17)21/h2-10,13,19H,11-12H2,1H3. The van der Waals surface area contributed by atoms with Gasteiger partial charge in [-0.25, -0.2) is 0 Å². The molecule has 0 saturated carbocycles. The summed E-state index contributed by atoms with van der Waals surface area (Å²) in [5.74, 6) is -0.220. The second-order valence-electron chi connectivity index (χ2n) is 5.57. The van der Waals surface area contributed by atoms with Gasteiger partial charge in [0.1, 0.15) is 0 Å². The average Bonchev–Trinajstić information content (AvgIpc) is 3.12. The normalized spacial score (nSPS) is 12.1. The summed E-state index contributed by atoms with van der Waals surface area (Å²) in [5, 5.41) is 0.854. The summed E-state index contributed by atoms with van der Waals surface area (Å²) < 4.78 is 34.6. The van der Waals surface area contributed by atoms with Crippen LogP contribution in [0.5, 0.6) is 5.75 Å². The van der Waals surface area contributed by atoms with Crippen molar-refractivity contribution in [2.45, 2.75) is 16.7 Å². The van der Waals surface area contributed by atoms with Crippen LogP contribution >= 0.6 is 0 Å². The van der Waals surface area contributed by atoms with Crippen LogP contribution < -0.4 is 4.74 Å². The van der Waals surface area contributed by atoms with Crippen LogP contribution in [-0.4, -0.2) is 31.6 Å². The molecule has 0 aliphatic rings. The van der Waals surface area contributed by atoms with Crippen molar-refractivity contribution in [3.05, 3.63) is 83.9 Å². The monoisotopic (exact) mass is 408 g/mol. The van der Waals surface area contributed by atoms with Crippen LogP contribution in [0, 0.1) is 11.6 Å². The molecular weight excluding hydrogens is 389 g/mol. The molecule has 1 heterocycles. The molecule has 0 bridgehead atoms. The summed E-state index contributed by atoms with van der Waals surface area (Å²) in [6.45, 7) is 0.624. The molecule has 3 rings (SSSR count). The molecule has 130 valence electrons. The molecule has 0 aliphatic carbocycles. The first-order valence-electron chi connectivity index (χ1n) is 7.81. The zero-order chi connectivity index (χ0) is 17.6. The quantitative estimate of drug-likeness (QED) is 0.557. The molecule has 1 unspecified atom stereocenters. The van der Waals surface area contributed by atoms with E-state index in [2.05, 4.69) is 4.98 Å². The first kappa shape index (κ1) is 17.6. The van der Waals surface area contributed by atoms with E-state index in [0.717, 1.165) is 17.1 Å². The van der Waals surface area contributed by atoms with Gasteiger partial charge in [0.2, 0.25) is 0 Å². The van der Waals surface area contributed by atoms with Crippen LogP contribution in [0.4, 0.5) is 8.78 Å². The zero-order valence-electron chi connectivity index (χ0n) is 13.7. The SMILES string of the molecule is COc1ccc(C[Se]C(Cn2ccnc2)c2ccc(F)cc2F)cc1.